The van der Waals surface area contributed by atoms with Crippen LogP contribution in [0.2, 0.25) is 0 Å². The Morgan fingerprint density at radius 1 is 1.00 bits per heavy atom. The van der Waals surface area contributed by atoms with Gasteiger partial charge in [-0.15, -0.1) is 0 Å². The van der Waals surface area contributed by atoms with E-state index in [-0.39, 0.29) is 5.56 Å². The fourth-order valence-electron chi connectivity index (χ4n) is 3.29. The third kappa shape index (κ3) is 10.4. The zero-order valence-electron chi connectivity index (χ0n) is 19.6. The van der Waals surface area contributed by atoms with Crippen LogP contribution in [0.3, 0.4) is 0 Å². The van der Waals surface area contributed by atoms with E-state index in [1.807, 2.05) is 32.1 Å². The molecule has 168 valence electrons. The number of allylic oxidation sites excluding steroid dienone is 4. The van der Waals surface area contributed by atoms with E-state index in [4.69, 9.17) is 0 Å². The van der Waals surface area contributed by atoms with Crippen LogP contribution in [0.15, 0.2) is 79.4 Å². The first-order valence-corrected chi connectivity index (χ1v) is 11.2. The van der Waals surface area contributed by atoms with E-state index in [1.165, 1.54) is 37.3 Å². The maximum atomic E-state index is 12.1. The summed E-state index contributed by atoms with van der Waals surface area (Å²) in [5.74, 6) is 0.673. The zero-order valence-corrected chi connectivity index (χ0v) is 19.6. The number of fused-ring (bicyclic) bond motifs is 1. The van der Waals surface area contributed by atoms with Crippen LogP contribution >= 0.6 is 0 Å². The maximum Gasteiger partial charge on any atom is 0.263 e. The molecule has 1 aliphatic rings. The summed E-state index contributed by atoms with van der Waals surface area (Å²) in [6.07, 6.45) is 9.33. The Hall–Kier alpha value is -2.48. The molecule has 3 rings (SSSR count). The van der Waals surface area contributed by atoms with Crippen LogP contribution < -0.4 is 0 Å². The van der Waals surface area contributed by atoms with Gasteiger partial charge >= 0.3 is 0 Å². The lowest BCUT2D eigenvalue weighted by Crippen LogP contribution is -2.03. The minimum Gasteiger partial charge on any atom is -0.205 e. The summed E-state index contributed by atoms with van der Waals surface area (Å²) in [5.41, 5.74) is 6.83. The van der Waals surface area contributed by atoms with E-state index in [0.29, 0.717) is 5.92 Å². The van der Waals surface area contributed by atoms with Crippen molar-refractivity contribution in [1.29, 1.82) is 0 Å². The second kappa shape index (κ2) is 14.5. The largest absolute Gasteiger partial charge is 0.263 e. The lowest BCUT2D eigenvalue weighted by Gasteiger charge is -2.17. The molecule has 0 N–H and O–H groups in total. The van der Waals surface area contributed by atoms with Gasteiger partial charge in [0.15, 0.2) is 0 Å². The van der Waals surface area contributed by atoms with Crippen LogP contribution in [-0.2, 0) is 19.3 Å². The molecule has 31 heavy (non-hydrogen) atoms. The summed E-state index contributed by atoms with van der Waals surface area (Å²) in [4.78, 5) is 0. The Labute approximate surface area is 188 Å². The Morgan fingerprint density at radius 2 is 1.68 bits per heavy atom. The molecular formula is C29H38F2. The molecule has 0 saturated heterocycles. The van der Waals surface area contributed by atoms with Crippen molar-refractivity contribution in [3.63, 3.8) is 0 Å². The predicted molar refractivity (Wildman–Crippen MR) is 132 cm³/mol. The van der Waals surface area contributed by atoms with E-state index in [0.717, 1.165) is 17.6 Å². The molecule has 1 aliphatic carbocycles. The molecule has 0 amide bonds. The fraction of sp³-hybridized carbons (Fsp3) is 0.379. The molecule has 0 unspecified atom stereocenters. The molecule has 2 aromatic rings. The van der Waals surface area contributed by atoms with Crippen molar-refractivity contribution in [2.24, 2.45) is 0 Å². The molecule has 2 aromatic carbocycles. The molecule has 0 spiro atoms. The van der Waals surface area contributed by atoms with Gasteiger partial charge in [-0.3, -0.25) is 0 Å². The second-order valence-corrected chi connectivity index (χ2v) is 8.23. The minimum atomic E-state index is -2.35. The highest BCUT2D eigenvalue weighted by molar-refractivity contribution is 5.35. The van der Waals surface area contributed by atoms with E-state index in [9.17, 15) is 8.78 Å². The van der Waals surface area contributed by atoms with Gasteiger partial charge in [-0.05, 0) is 67.2 Å². The van der Waals surface area contributed by atoms with Crippen LogP contribution in [0.25, 0.3) is 0 Å². The van der Waals surface area contributed by atoms with E-state index >= 15 is 0 Å². The third-order valence-electron chi connectivity index (χ3n) is 5.17. The number of hydrogen-bond acceptors (Lipinski definition) is 0. The van der Waals surface area contributed by atoms with Gasteiger partial charge in [0.25, 0.3) is 6.43 Å². The fourth-order valence-corrected chi connectivity index (χ4v) is 3.29. The molecule has 0 heterocycles. The molecule has 0 aliphatic heterocycles. The van der Waals surface area contributed by atoms with Gasteiger partial charge in [0.1, 0.15) is 0 Å². The summed E-state index contributed by atoms with van der Waals surface area (Å²) in [6.45, 7) is 15.6. The summed E-state index contributed by atoms with van der Waals surface area (Å²) in [6, 6.07) is 13.6. The Morgan fingerprint density at radius 3 is 2.19 bits per heavy atom. The first-order valence-electron chi connectivity index (χ1n) is 11.2. The van der Waals surface area contributed by atoms with Gasteiger partial charge in [-0.2, -0.15) is 0 Å². The van der Waals surface area contributed by atoms with E-state index < -0.39 is 6.43 Å². The zero-order chi connectivity index (χ0) is 23.2. The summed E-state index contributed by atoms with van der Waals surface area (Å²) in [7, 11) is 0. The quantitative estimate of drug-likeness (QED) is 0.420. The maximum absolute atomic E-state index is 12.1. The lowest BCUT2D eigenvalue weighted by molar-refractivity contribution is 0.151. The predicted octanol–water partition coefficient (Wildman–Crippen LogP) is 9.18. The van der Waals surface area contributed by atoms with Gasteiger partial charge in [-0.25, -0.2) is 8.78 Å². The topological polar surface area (TPSA) is 0 Å². The van der Waals surface area contributed by atoms with Gasteiger partial charge in [-0.1, -0.05) is 100 Å². The van der Waals surface area contributed by atoms with Crippen molar-refractivity contribution >= 4 is 0 Å². The molecule has 0 nitrogen and oxygen atoms in total. The number of alkyl halides is 2. The summed E-state index contributed by atoms with van der Waals surface area (Å²) < 4.78 is 24.2. The lowest BCUT2D eigenvalue weighted by atomic mass is 9.88. The van der Waals surface area contributed by atoms with Gasteiger partial charge in [0, 0.05) is 5.56 Å². The Balaban J connectivity index is 0.000000245. The first-order chi connectivity index (χ1) is 14.8. The van der Waals surface area contributed by atoms with Crippen LogP contribution in [-0.4, -0.2) is 0 Å². The van der Waals surface area contributed by atoms with Crippen molar-refractivity contribution < 1.29 is 8.78 Å². The highest BCUT2D eigenvalue weighted by Gasteiger charge is 2.10. The third-order valence-corrected chi connectivity index (χ3v) is 5.17. The second-order valence-electron chi connectivity index (χ2n) is 8.23. The molecule has 0 bridgehead atoms. The van der Waals surface area contributed by atoms with Crippen LogP contribution in [0.1, 0.15) is 80.7 Å². The van der Waals surface area contributed by atoms with Crippen LogP contribution in [0, 0.1) is 0 Å². The van der Waals surface area contributed by atoms with Crippen molar-refractivity contribution in [1.82, 2.24) is 0 Å². The van der Waals surface area contributed by atoms with Crippen molar-refractivity contribution in [3.05, 3.63) is 107 Å². The minimum absolute atomic E-state index is 0.115. The average Bonchev–Trinajstić information content (AvgIpc) is 2.78. The number of halogens is 2. The molecule has 0 saturated carbocycles. The molecule has 2 heteroatoms. The number of aryl methyl sites for hydroxylation is 3. The highest BCUT2D eigenvalue weighted by Crippen LogP contribution is 2.25. The normalized spacial score (nSPS) is 12.5. The highest BCUT2D eigenvalue weighted by atomic mass is 19.3. The van der Waals surface area contributed by atoms with Crippen LogP contribution in [0.4, 0.5) is 8.78 Å². The van der Waals surface area contributed by atoms with Gasteiger partial charge < -0.3 is 0 Å². The van der Waals surface area contributed by atoms with Crippen LogP contribution in [0.5, 0.6) is 0 Å². The summed E-state index contributed by atoms with van der Waals surface area (Å²) >= 11 is 0. The first kappa shape index (κ1) is 26.6. The number of hydrogen-bond donors (Lipinski definition) is 0. The van der Waals surface area contributed by atoms with Crippen molar-refractivity contribution in [2.45, 2.75) is 72.1 Å². The number of rotatable bonds is 5. The molecular weight excluding hydrogens is 386 g/mol. The molecule has 0 aromatic heterocycles. The monoisotopic (exact) mass is 424 g/mol. The summed E-state index contributed by atoms with van der Waals surface area (Å²) in [5, 5.41) is 0. The Bertz CT molecular complexity index is 844. The van der Waals surface area contributed by atoms with E-state index in [1.54, 1.807) is 29.3 Å². The smallest absolute Gasteiger partial charge is 0.205 e. The SMILES string of the molecule is C=C/C=C\C(=C)C.CC(C)c1ccc2c(c1)CCCC2.CCc1cccc(C(F)F)c1. The standard InChI is InChI=1S/C13H18.C9H10F2.C7H10/c1-10(2)12-8-7-11-5-3-4-6-13(11)9-12;1-2-7-4-3-5-8(6-7)9(10)11;1-4-5-6-7(2)3/h7-10H,3-6H2,1-2H3;3-6,9H,2H2,1H3;4-6H,1-2H2,3H3/b;;6-5-. The van der Waals surface area contributed by atoms with Gasteiger partial charge in [0.05, 0.1) is 0 Å². The average molecular weight is 425 g/mol. The molecule has 0 atom stereocenters. The van der Waals surface area contributed by atoms with E-state index in [2.05, 4.69) is 45.2 Å². The van der Waals surface area contributed by atoms with Crippen molar-refractivity contribution in [2.75, 3.05) is 0 Å². The Kier molecular flexibility index (Phi) is 12.4. The van der Waals surface area contributed by atoms with Gasteiger partial charge in [0.2, 0.25) is 0 Å². The number of benzene rings is 2. The molecule has 0 radical (unpaired) electrons. The van der Waals surface area contributed by atoms with Crippen molar-refractivity contribution in [3.8, 4) is 0 Å². The molecule has 0 fully saturated rings.